The molecule has 1 aliphatic heterocycles. The quantitative estimate of drug-likeness (QED) is 0.834. The molecular formula is C12H22N4O. The molecule has 1 aromatic rings. The van der Waals surface area contributed by atoms with Crippen LogP contribution in [0.2, 0.25) is 0 Å². The molecule has 5 heteroatoms. The van der Waals surface area contributed by atoms with Crippen molar-refractivity contribution < 1.29 is 4.74 Å². The lowest BCUT2D eigenvalue weighted by Crippen LogP contribution is -2.35. The van der Waals surface area contributed by atoms with E-state index in [-0.39, 0.29) is 0 Å². The Kier molecular flexibility index (Phi) is 4.12. The van der Waals surface area contributed by atoms with Gasteiger partial charge in [-0.05, 0) is 19.9 Å². The molecule has 0 amide bonds. The Labute approximate surface area is 103 Å². The molecule has 0 aromatic carbocycles. The third kappa shape index (κ3) is 2.50. The fourth-order valence-corrected chi connectivity index (χ4v) is 2.44. The van der Waals surface area contributed by atoms with Crippen molar-refractivity contribution in [2.75, 3.05) is 19.8 Å². The largest absolute Gasteiger partial charge is 0.379 e. The van der Waals surface area contributed by atoms with Gasteiger partial charge in [0.1, 0.15) is 11.6 Å². The summed E-state index contributed by atoms with van der Waals surface area (Å²) in [5.41, 5.74) is 0. The van der Waals surface area contributed by atoms with Gasteiger partial charge in [0.2, 0.25) is 0 Å². The second-order valence-electron chi connectivity index (χ2n) is 4.57. The average molecular weight is 238 g/mol. The highest BCUT2D eigenvalue weighted by Crippen LogP contribution is 2.25. The summed E-state index contributed by atoms with van der Waals surface area (Å²) >= 11 is 0. The van der Waals surface area contributed by atoms with Gasteiger partial charge >= 0.3 is 0 Å². The van der Waals surface area contributed by atoms with Crippen LogP contribution in [0.1, 0.15) is 37.8 Å². The maximum atomic E-state index is 5.58. The summed E-state index contributed by atoms with van der Waals surface area (Å²) in [6.07, 6.45) is 1.10. The zero-order valence-corrected chi connectivity index (χ0v) is 10.9. The van der Waals surface area contributed by atoms with Crippen molar-refractivity contribution in [3.63, 3.8) is 0 Å². The van der Waals surface area contributed by atoms with E-state index in [2.05, 4.69) is 33.9 Å². The molecule has 0 bridgehead atoms. The van der Waals surface area contributed by atoms with Gasteiger partial charge in [-0.15, -0.1) is 10.2 Å². The first kappa shape index (κ1) is 12.5. The van der Waals surface area contributed by atoms with Crippen molar-refractivity contribution in [2.24, 2.45) is 0 Å². The normalized spacial score (nSPS) is 24.4. The van der Waals surface area contributed by atoms with E-state index in [1.165, 1.54) is 0 Å². The lowest BCUT2D eigenvalue weighted by molar-refractivity contribution is 0.187. The Hall–Kier alpha value is -0.940. The average Bonchev–Trinajstić information content (AvgIpc) is 2.89. The van der Waals surface area contributed by atoms with Gasteiger partial charge < -0.3 is 14.6 Å². The van der Waals surface area contributed by atoms with Gasteiger partial charge in [-0.25, -0.2) is 0 Å². The van der Waals surface area contributed by atoms with E-state index < -0.39 is 0 Å². The highest BCUT2D eigenvalue weighted by atomic mass is 16.5. The zero-order chi connectivity index (χ0) is 12.3. The third-order valence-corrected chi connectivity index (χ3v) is 3.29. The molecule has 1 aliphatic rings. The lowest BCUT2D eigenvalue weighted by atomic mass is 10.0. The van der Waals surface area contributed by atoms with Gasteiger partial charge in [0.05, 0.1) is 19.1 Å². The number of aryl methyl sites for hydroxylation is 1. The number of rotatable bonds is 5. The summed E-state index contributed by atoms with van der Waals surface area (Å²) in [6.45, 7) is 9.79. The SMILES string of the molecule is CCCn1c(C)nnc1C1COCC1NCC. The zero-order valence-electron chi connectivity index (χ0n) is 10.9. The summed E-state index contributed by atoms with van der Waals surface area (Å²) in [5, 5.41) is 12.0. The molecule has 2 unspecified atom stereocenters. The summed E-state index contributed by atoms with van der Waals surface area (Å²) in [6, 6.07) is 0.374. The molecule has 0 radical (unpaired) electrons. The molecule has 0 aliphatic carbocycles. The molecule has 1 N–H and O–H groups in total. The van der Waals surface area contributed by atoms with Gasteiger partial charge in [0.25, 0.3) is 0 Å². The minimum atomic E-state index is 0.336. The molecule has 5 nitrogen and oxygen atoms in total. The summed E-state index contributed by atoms with van der Waals surface area (Å²) in [5.74, 6) is 2.42. The van der Waals surface area contributed by atoms with Crippen molar-refractivity contribution in [1.29, 1.82) is 0 Å². The summed E-state index contributed by atoms with van der Waals surface area (Å²) < 4.78 is 7.80. The fourth-order valence-electron chi connectivity index (χ4n) is 2.44. The molecule has 0 spiro atoms. The van der Waals surface area contributed by atoms with Crippen molar-refractivity contribution >= 4 is 0 Å². The van der Waals surface area contributed by atoms with Crippen LogP contribution in [0.15, 0.2) is 0 Å². The molecule has 1 fully saturated rings. The van der Waals surface area contributed by atoms with Crippen molar-refractivity contribution in [3.8, 4) is 0 Å². The fraction of sp³-hybridized carbons (Fsp3) is 0.833. The molecule has 96 valence electrons. The maximum Gasteiger partial charge on any atom is 0.140 e. The van der Waals surface area contributed by atoms with E-state index in [4.69, 9.17) is 4.74 Å². The monoisotopic (exact) mass is 238 g/mol. The third-order valence-electron chi connectivity index (χ3n) is 3.29. The summed E-state index contributed by atoms with van der Waals surface area (Å²) in [4.78, 5) is 0. The smallest absolute Gasteiger partial charge is 0.140 e. The van der Waals surface area contributed by atoms with Crippen LogP contribution in [0.5, 0.6) is 0 Å². The van der Waals surface area contributed by atoms with Crippen LogP contribution in [0.25, 0.3) is 0 Å². The first-order valence-electron chi connectivity index (χ1n) is 6.48. The number of hydrogen-bond donors (Lipinski definition) is 1. The van der Waals surface area contributed by atoms with Gasteiger partial charge in [-0.2, -0.15) is 0 Å². The van der Waals surface area contributed by atoms with E-state index in [9.17, 15) is 0 Å². The van der Waals surface area contributed by atoms with Gasteiger partial charge in [0.15, 0.2) is 0 Å². The molecule has 2 heterocycles. The highest BCUT2D eigenvalue weighted by Gasteiger charge is 2.32. The number of nitrogens with one attached hydrogen (secondary N) is 1. The van der Waals surface area contributed by atoms with Crippen molar-refractivity contribution in [1.82, 2.24) is 20.1 Å². The second-order valence-corrected chi connectivity index (χ2v) is 4.57. The lowest BCUT2D eigenvalue weighted by Gasteiger charge is -2.18. The molecule has 1 saturated heterocycles. The summed E-state index contributed by atoms with van der Waals surface area (Å²) in [7, 11) is 0. The maximum absolute atomic E-state index is 5.58. The Morgan fingerprint density at radius 3 is 2.88 bits per heavy atom. The first-order valence-corrected chi connectivity index (χ1v) is 6.48. The number of nitrogens with zero attached hydrogens (tertiary/aromatic N) is 3. The van der Waals surface area contributed by atoms with Crippen LogP contribution < -0.4 is 5.32 Å². The molecule has 0 saturated carbocycles. The number of aromatic nitrogens is 3. The molecule has 2 atom stereocenters. The first-order chi connectivity index (χ1) is 8.27. The van der Waals surface area contributed by atoms with Crippen LogP contribution in [-0.4, -0.2) is 40.6 Å². The second kappa shape index (κ2) is 5.60. The highest BCUT2D eigenvalue weighted by molar-refractivity contribution is 5.07. The predicted octanol–water partition coefficient (Wildman–Crippen LogP) is 1.09. The van der Waals surface area contributed by atoms with E-state index >= 15 is 0 Å². The van der Waals surface area contributed by atoms with Crippen LogP contribution in [0.3, 0.4) is 0 Å². The van der Waals surface area contributed by atoms with Crippen LogP contribution >= 0.6 is 0 Å². The van der Waals surface area contributed by atoms with Crippen LogP contribution in [0.4, 0.5) is 0 Å². The Bertz CT molecular complexity index is 363. The number of hydrogen-bond acceptors (Lipinski definition) is 4. The van der Waals surface area contributed by atoms with Crippen molar-refractivity contribution in [2.45, 2.75) is 45.7 Å². The van der Waals surface area contributed by atoms with Crippen LogP contribution in [0, 0.1) is 6.92 Å². The molecule has 2 rings (SSSR count). The minimum Gasteiger partial charge on any atom is -0.379 e. The van der Waals surface area contributed by atoms with Gasteiger partial charge in [-0.1, -0.05) is 13.8 Å². The molecule has 1 aromatic heterocycles. The molecule has 17 heavy (non-hydrogen) atoms. The predicted molar refractivity (Wildman–Crippen MR) is 66.1 cm³/mol. The topological polar surface area (TPSA) is 52.0 Å². The van der Waals surface area contributed by atoms with E-state index in [1.54, 1.807) is 0 Å². The Balaban J connectivity index is 2.20. The standard InChI is InChI=1S/C12H22N4O/c1-4-6-16-9(3)14-15-12(16)10-7-17-8-11(10)13-5-2/h10-11,13H,4-8H2,1-3H3. The van der Waals surface area contributed by atoms with Crippen molar-refractivity contribution in [3.05, 3.63) is 11.6 Å². The van der Waals surface area contributed by atoms with E-state index in [0.29, 0.717) is 12.0 Å². The van der Waals surface area contributed by atoms with Crippen LogP contribution in [-0.2, 0) is 11.3 Å². The minimum absolute atomic E-state index is 0.336. The van der Waals surface area contributed by atoms with Gasteiger partial charge in [-0.3, -0.25) is 0 Å². The number of ether oxygens (including phenoxy) is 1. The van der Waals surface area contributed by atoms with E-state index in [1.807, 2.05) is 6.92 Å². The molecular weight excluding hydrogens is 216 g/mol. The van der Waals surface area contributed by atoms with E-state index in [0.717, 1.165) is 44.4 Å². The van der Waals surface area contributed by atoms with Gasteiger partial charge in [0, 0.05) is 12.6 Å². The Morgan fingerprint density at radius 1 is 1.35 bits per heavy atom. The Morgan fingerprint density at radius 2 is 2.18 bits per heavy atom. The number of likely N-dealkylation sites (N-methyl/N-ethyl adjacent to an activating group) is 1.